The first-order chi connectivity index (χ1) is 11.2. The van der Waals surface area contributed by atoms with Gasteiger partial charge in [-0.2, -0.15) is 5.26 Å². The summed E-state index contributed by atoms with van der Waals surface area (Å²) >= 11 is 12.1. The molecule has 1 aromatic carbocycles. The van der Waals surface area contributed by atoms with E-state index < -0.39 is 5.92 Å². The highest BCUT2D eigenvalue weighted by molar-refractivity contribution is 6.42. The molecule has 0 bridgehead atoms. The first-order valence-corrected chi connectivity index (χ1v) is 8.28. The molecule has 0 aromatic heterocycles. The summed E-state index contributed by atoms with van der Waals surface area (Å²) in [5.41, 5.74) is 7.17. The van der Waals surface area contributed by atoms with E-state index in [0.29, 0.717) is 39.8 Å². The highest BCUT2D eigenvalue weighted by Crippen LogP contribution is 2.48. The molecule has 124 valence electrons. The van der Waals surface area contributed by atoms with Crippen LogP contribution in [0.5, 0.6) is 0 Å². The number of halogens is 2. The Morgan fingerprint density at radius 3 is 2.62 bits per heavy atom. The van der Waals surface area contributed by atoms with Gasteiger partial charge in [-0.3, -0.25) is 4.79 Å². The molecule has 1 heterocycles. The number of hydrogen-bond acceptors (Lipinski definition) is 4. The van der Waals surface area contributed by atoms with Crippen molar-refractivity contribution in [3.8, 4) is 6.07 Å². The fourth-order valence-corrected chi connectivity index (χ4v) is 3.62. The summed E-state index contributed by atoms with van der Waals surface area (Å²) in [5, 5.41) is 10.3. The topological polar surface area (TPSA) is 76.1 Å². The minimum atomic E-state index is -0.572. The van der Waals surface area contributed by atoms with Gasteiger partial charge < -0.3 is 10.5 Å². The van der Waals surface area contributed by atoms with E-state index in [0.717, 1.165) is 0 Å². The second-order valence-electron chi connectivity index (χ2n) is 6.88. The summed E-state index contributed by atoms with van der Waals surface area (Å²) in [4.78, 5) is 12.8. The second-order valence-corrected chi connectivity index (χ2v) is 7.69. The van der Waals surface area contributed by atoms with Crippen molar-refractivity contribution in [2.75, 3.05) is 0 Å². The van der Waals surface area contributed by atoms with Gasteiger partial charge in [-0.1, -0.05) is 43.1 Å². The van der Waals surface area contributed by atoms with E-state index in [1.54, 1.807) is 18.2 Å². The van der Waals surface area contributed by atoms with Gasteiger partial charge in [0.2, 0.25) is 5.88 Å². The van der Waals surface area contributed by atoms with Gasteiger partial charge in [-0.05, 0) is 23.1 Å². The predicted octanol–water partition coefficient (Wildman–Crippen LogP) is 4.44. The third kappa shape index (κ3) is 2.79. The number of hydrogen-bond donors (Lipinski definition) is 1. The molecule has 2 aliphatic rings. The maximum atomic E-state index is 12.8. The van der Waals surface area contributed by atoms with Gasteiger partial charge in [0.1, 0.15) is 17.4 Å². The molecule has 0 spiro atoms. The largest absolute Gasteiger partial charge is 0.444 e. The number of rotatable bonds is 1. The maximum Gasteiger partial charge on any atom is 0.205 e. The van der Waals surface area contributed by atoms with E-state index in [9.17, 15) is 10.1 Å². The highest BCUT2D eigenvalue weighted by Gasteiger charge is 2.42. The monoisotopic (exact) mass is 362 g/mol. The molecule has 1 aliphatic heterocycles. The number of benzene rings is 1. The number of nitrogens with zero attached hydrogens (tertiary/aromatic N) is 1. The van der Waals surface area contributed by atoms with Crippen molar-refractivity contribution in [3.05, 3.63) is 56.6 Å². The van der Waals surface area contributed by atoms with Gasteiger partial charge in [0.15, 0.2) is 5.78 Å². The average Bonchev–Trinajstić information content (AvgIpc) is 2.47. The predicted molar refractivity (Wildman–Crippen MR) is 92.2 cm³/mol. The number of nitriles is 1. The van der Waals surface area contributed by atoms with Crippen molar-refractivity contribution in [3.63, 3.8) is 0 Å². The Balaban J connectivity index is 2.20. The van der Waals surface area contributed by atoms with E-state index in [-0.39, 0.29) is 22.7 Å². The number of nitrogens with two attached hydrogens (primary N) is 1. The van der Waals surface area contributed by atoms with Crippen LogP contribution in [0.2, 0.25) is 10.0 Å². The van der Waals surface area contributed by atoms with Gasteiger partial charge in [-0.25, -0.2) is 0 Å². The van der Waals surface area contributed by atoms with Crippen LogP contribution < -0.4 is 5.73 Å². The summed E-state index contributed by atoms with van der Waals surface area (Å²) in [5.74, 6) is -0.0173. The van der Waals surface area contributed by atoms with Crippen LogP contribution in [-0.2, 0) is 9.53 Å². The summed E-state index contributed by atoms with van der Waals surface area (Å²) in [6, 6.07) is 7.15. The van der Waals surface area contributed by atoms with E-state index in [1.807, 2.05) is 13.8 Å². The third-order valence-corrected chi connectivity index (χ3v) is 5.09. The lowest BCUT2D eigenvalue weighted by molar-refractivity contribution is -0.119. The van der Waals surface area contributed by atoms with Gasteiger partial charge in [-0.15, -0.1) is 0 Å². The smallest absolute Gasteiger partial charge is 0.205 e. The molecule has 4 nitrogen and oxygen atoms in total. The zero-order chi connectivity index (χ0) is 17.6. The average molecular weight is 363 g/mol. The summed E-state index contributed by atoms with van der Waals surface area (Å²) < 4.78 is 5.64. The Bertz CT molecular complexity index is 847. The first kappa shape index (κ1) is 16.9. The van der Waals surface area contributed by atoms with Crippen molar-refractivity contribution in [2.45, 2.75) is 32.6 Å². The van der Waals surface area contributed by atoms with Gasteiger partial charge in [0.05, 0.1) is 16.0 Å². The second kappa shape index (κ2) is 5.84. The minimum Gasteiger partial charge on any atom is -0.444 e. The SMILES string of the molecule is CC1(C)CC(=O)C2=C(C1)OC(N)=C(C#N)C2c1ccc(Cl)c(Cl)c1. The Morgan fingerprint density at radius 2 is 2.00 bits per heavy atom. The first-order valence-electron chi connectivity index (χ1n) is 7.52. The molecule has 1 aromatic rings. The third-order valence-electron chi connectivity index (χ3n) is 4.35. The number of ketones is 1. The molecule has 0 fully saturated rings. The zero-order valence-corrected chi connectivity index (χ0v) is 14.8. The Hall–Kier alpha value is -1.96. The molecule has 1 aliphatic carbocycles. The lowest BCUT2D eigenvalue weighted by Crippen LogP contribution is -2.33. The molecular formula is C18H16Cl2N2O2. The zero-order valence-electron chi connectivity index (χ0n) is 13.3. The number of allylic oxidation sites excluding steroid dienone is 3. The molecule has 2 N–H and O–H groups in total. The van der Waals surface area contributed by atoms with Crippen molar-refractivity contribution >= 4 is 29.0 Å². The summed E-state index contributed by atoms with van der Waals surface area (Å²) in [7, 11) is 0. The van der Waals surface area contributed by atoms with Crippen LogP contribution in [0.25, 0.3) is 0 Å². The van der Waals surface area contributed by atoms with Crippen molar-refractivity contribution in [2.24, 2.45) is 11.1 Å². The lowest BCUT2D eigenvalue weighted by atomic mass is 9.70. The van der Waals surface area contributed by atoms with E-state index in [2.05, 4.69) is 6.07 Å². The minimum absolute atomic E-state index is 0.0300. The molecule has 0 saturated carbocycles. The van der Waals surface area contributed by atoms with E-state index in [4.69, 9.17) is 33.7 Å². The number of carbonyl (C=O) groups excluding carboxylic acids is 1. The number of Topliss-reactive ketones (excluding diaryl/α,β-unsaturated/α-hetero) is 1. The van der Waals surface area contributed by atoms with E-state index >= 15 is 0 Å². The quantitative estimate of drug-likeness (QED) is 0.800. The lowest BCUT2D eigenvalue weighted by Gasteiger charge is -2.37. The molecule has 1 unspecified atom stereocenters. The Labute approximate surface area is 150 Å². The van der Waals surface area contributed by atoms with Crippen LogP contribution in [0.3, 0.4) is 0 Å². The molecule has 0 radical (unpaired) electrons. The van der Waals surface area contributed by atoms with Crippen LogP contribution >= 0.6 is 23.2 Å². The van der Waals surface area contributed by atoms with Crippen LogP contribution in [0.4, 0.5) is 0 Å². The fourth-order valence-electron chi connectivity index (χ4n) is 3.31. The van der Waals surface area contributed by atoms with E-state index in [1.165, 1.54) is 0 Å². The standard InChI is InChI=1S/C18H16Cl2N2O2/c1-18(2)6-13(23)16-14(7-18)24-17(22)10(8-21)15(16)9-3-4-11(19)12(20)5-9/h3-5,15H,6-7,22H2,1-2H3. The molecule has 0 saturated heterocycles. The molecular weight excluding hydrogens is 347 g/mol. The molecule has 1 atom stereocenters. The summed E-state index contributed by atoms with van der Waals surface area (Å²) in [6.45, 7) is 4.01. The van der Waals surface area contributed by atoms with Crippen molar-refractivity contribution in [1.29, 1.82) is 5.26 Å². The van der Waals surface area contributed by atoms with Gasteiger partial charge in [0, 0.05) is 18.4 Å². The Kier molecular flexibility index (Phi) is 4.11. The highest BCUT2D eigenvalue weighted by atomic mass is 35.5. The molecule has 0 amide bonds. The normalized spacial score (nSPS) is 22.8. The van der Waals surface area contributed by atoms with Crippen LogP contribution in [0, 0.1) is 16.7 Å². The van der Waals surface area contributed by atoms with Gasteiger partial charge >= 0.3 is 0 Å². The van der Waals surface area contributed by atoms with Crippen LogP contribution in [0.1, 0.15) is 38.2 Å². The number of carbonyl (C=O) groups is 1. The maximum absolute atomic E-state index is 12.8. The fraction of sp³-hybridized carbons (Fsp3) is 0.333. The van der Waals surface area contributed by atoms with Crippen molar-refractivity contribution in [1.82, 2.24) is 0 Å². The summed E-state index contributed by atoms with van der Waals surface area (Å²) in [6.07, 6.45) is 0.983. The van der Waals surface area contributed by atoms with Crippen LogP contribution in [-0.4, -0.2) is 5.78 Å². The molecule has 3 rings (SSSR count). The van der Waals surface area contributed by atoms with Crippen molar-refractivity contribution < 1.29 is 9.53 Å². The van der Waals surface area contributed by atoms with Gasteiger partial charge in [0.25, 0.3) is 0 Å². The molecule has 6 heteroatoms. The Morgan fingerprint density at radius 1 is 1.29 bits per heavy atom. The van der Waals surface area contributed by atoms with Crippen LogP contribution in [0.15, 0.2) is 41.0 Å². The number of ether oxygens (including phenoxy) is 1. The molecule has 24 heavy (non-hydrogen) atoms.